The second-order valence-corrected chi connectivity index (χ2v) is 4.85. The van der Waals surface area contributed by atoms with E-state index in [0.29, 0.717) is 5.41 Å². The highest BCUT2D eigenvalue weighted by molar-refractivity contribution is 5.06. The standard InChI is InChI=1S/C10H18O/c1-3-9(2)7-10(11)5-4-8(9)6-10/h8,11H,3-7H2,1-2H3. The van der Waals surface area contributed by atoms with Gasteiger partial charge in [0.1, 0.15) is 0 Å². The van der Waals surface area contributed by atoms with Crippen LogP contribution in [0.25, 0.3) is 0 Å². The normalized spacial score (nSPS) is 55.4. The third kappa shape index (κ3) is 0.936. The summed E-state index contributed by atoms with van der Waals surface area (Å²) in [5, 5.41) is 10.0. The smallest absolute Gasteiger partial charge is 0.0656 e. The molecule has 0 aromatic heterocycles. The molecule has 0 amide bonds. The predicted molar refractivity (Wildman–Crippen MR) is 45.3 cm³/mol. The van der Waals surface area contributed by atoms with Crippen LogP contribution in [0.5, 0.6) is 0 Å². The molecule has 2 saturated carbocycles. The molecule has 11 heavy (non-hydrogen) atoms. The maximum absolute atomic E-state index is 10.0. The minimum Gasteiger partial charge on any atom is -0.390 e. The van der Waals surface area contributed by atoms with Crippen molar-refractivity contribution in [3.05, 3.63) is 0 Å². The molecule has 1 N–H and O–H groups in total. The van der Waals surface area contributed by atoms with Gasteiger partial charge in [-0.1, -0.05) is 20.3 Å². The topological polar surface area (TPSA) is 20.2 Å². The molecule has 0 aliphatic heterocycles. The summed E-state index contributed by atoms with van der Waals surface area (Å²) in [4.78, 5) is 0. The van der Waals surface area contributed by atoms with E-state index < -0.39 is 0 Å². The fraction of sp³-hybridized carbons (Fsp3) is 1.00. The first-order valence-electron chi connectivity index (χ1n) is 4.80. The van der Waals surface area contributed by atoms with E-state index in [1.807, 2.05) is 0 Å². The van der Waals surface area contributed by atoms with Crippen molar-refractivity contribution in [2.45, 2.75) is 51.6 Å². The van der Waals surface area contributed by atoms with Crippen LogP contribution in [0.15, 0.2) is 0 Å². The Morgan fingerprint density at radius 1 is 1.55 bits per heavy atom. The molecule has 0 spiro atoms. The van der Waals surface area contributed by atoms with Gasteiger partial charge in [-0.3, -0.25) is 0 Å². The second-order valence-electron chi connectivity index (χ2n) is 4.85. The van der Waals surface area contributed by atoms with Gasteiger partial charge < -0.3 is 5.11 Å². The summed E-state index contributed by atoms with van der Waals surface area (Å²) in [5.41, 5.74) is 0.211. The molecular formula is C10H18O. The lowest BCUT2D eigenvalue weighted by Gasteiger charge is -2.34. The fourth-order valence-corrected chi connectivity index (χ4v) is 3.17. The molecule has 64 valence electrons. The van der Waals surface area contributed by atoms with Gasteiger partial charge in [0.2, 0.25) is 0 Å². The van der Waals surface area contributed by atoms with Crippen LogP contribution in [0.3, 0.4) is 0 Å². The van der Waals surface area contributed by atoms with Gasteiger partial charge >= 0.3 is 0 Å². The van der Waals surface area contributed by atoms with Gasteiger partial charge in [-0.05, 0) is 37.0 Å². The molecule has 0 heterocycles. The lowest BCUT2D eigenvalue weighted by molar-refractivity contribution is 0.0221. The average Bonchev–Trinajstić information content (AvgIpc) is 2.41. The molecule has 0 saturated heterocycles. The first-order valence-corrected chi connectivity index (χ1v) is 4.80. The summed E-state index contributed by atoms with van der Waals surface area (Å²) >= 11 is 0. The van der Waals surface area contributed by atoms with E-state index >= 15 is 0 Å². The molecule has 1 nitrogen and oxygen atoms in total. The highest BCUT2D eigenvalue weighted by Gasteiger charge is 2.54. The molecule has 1 heteroatoms. The number of aliphatic hydroxyl groups is 1. The van der Waals surface area contributed by atoms with Gasteiger partial charge in [-0.25, -0.2) is 0 Å². The third-order valence-electron chi connectivity index (χ3n) is 4.11. The number of hydrogen-bond donors (Lipinski definition) is 1. The third-order valence-corrected chi connectivity index (χ3v) is 4.11. The first-order chi connectivity index (χ1) is 5.08. The van der Waals surface area contributed by atoms with Crippen molar-refractivity contribution in [3.8, 4) is 0 Å². The Bertz CT molecular complexity index is 178. The van der Waals surface area contributed by atoms with Crippen LogP contribution in [0.1, 0.15) is 46.0 Å². The zero-order chi connectivity index (χ0) is 8.11. The van der Waals surface area contributed by atoms with Gasteiger partial charge in [0, 0.05) is 0 Å². The molecule has 2 rings (SSSR count). The minimum absolute atomic E-state index is 0.255. The summed E-state index contributed by atoms with van der Waals surface area (Å²) in [7, 11) is 0. The quantitative estimate of drug-likeness (QED) is 0.614. The lowest BCUT2D eigenvalue weighted by atomic mass is 9.72. The fourth-order valence-electron chi connectivity index (χ4n) is 3.17. The van der Waals surface area contributed by atoms with Crippen LogP contribution >= 0.6 is 0 Å². The number of rotatable bonds is 1. The van der Waals surface area contributed by atoms with Crippen LogP contribution in [-0.4, -0.2) is 10.7 Å². The van der Waals surface area contributed by atoms with Crippen LogP contribution in [0.2, 0.25) is 0 Å². The molecular weight excluding hydrogens is 136 g/mol. The largest absolute Gasteiger partial charge is 0.390 e. The minimum atomic E-state index is -0.255. The van der Waals surface area contributed by atoms with Crippen molar-refractivity contribution in [3.63, 3.8) is 0 Å². The van der Waals surface area contributed by atoms with E-state index in [1.54, 1.807) is 0 Å². The Balaban J connectivity index is 2.21. The van der Waals surface area contributed by atoms with Gasteiger partial charge in [0.25, 0.3) is 0 Å². The lowest BCUT2D eigenvalue weighted by Crippen LogP contribution is -2.30. The highest BCUT2D eigenvalue weighted by atomic mass is 16.3. The molecule has 0 radical (unpaired) electrons. The predicted octanol–water partition coefficient (Wildman–Crippen LogP) is 2.34. The molecule has 2 aliphatic rings. The number of fused-ring (bicyclic) bond motifs is 2. The Morgan fingerprint density at radius 2 is 2.27 bits per heavy atom. The van der Waals surface area contributed by atoms with E-state index in [0.717, 1.165) is 25.2 Å². The summed E-state index contributed by atoms with van der Waals surface area (Å²) < 4.78 is 0. The molecule has 2 bridgehead atoms. The van der Waals surface area contributed by atoms with Crippen molar-refractivity contribution in [1.29, 1.82) is 0 Å². The van der Waals surface area contributed by atoms with E-state index in [-0.39, 0.29) is 5.60 Å². The maximum atomic E-state index is 10.0. The Kier molecular flexibility index (Phi) is 1.39. The first kappa shape index (κ1) is 7.60. The Morgan fingerprint density at radius 3 is 2.55 bits per heavy atom. The molecule has 0 aromatic rings. The monoisotopic (exact) mass is 154 g/mol. The number of hydrogen-bond acceptors (Lipinski definition) is 1. The molecule has 2 aliphatic carbocycles. The molecule has 3 unspecified atom stereocenters. The summed E-state index contributed by atoms with van der Waals surface area (Å²) in [6.07, 6.45) is 5.70. The zero-order valence-corrected chi connectivity index (χ0v) is 7.56. The summed E-state index contributed by atoms with van der Waals surface area (Å²) in [5.74, 6) is 0.817. The zero-order valence-electron chi connectivity index (χ0n) is 7.56. The van der Waals surface area contributed by atoms with Crippen molar-refractivity contribution >= 4 is 0 Å². The van der Waals surface area contributed by atoms with Gasteiger partial charge in [-0.15, -0.1) is 0 Å². The van der Waals surface area contributed by atoms with Gasteiger partial charge in [-0.2, -0.15) is 0 Å². The summed E-state index contributed by atoms with van der Waals surface area (Å²) in [6, 6.07) is 0. The van der Waals surface area contributed by atoms with Crippen molar-refractivity contribution in [2.75, 3.05) is 0 Å². The van der Waals surface area contributed by atoms with E-state index in [4.69, 9.17) is 0 Å². The second kappa shape index (κ2) is 2.01. The van der Waals surface area contributed by atoms with Crippen LogP contribution < -0.4 is 0 Å². The molecule has 2 fully saturated rings. The van der Waals surface area contributed by atoms with Crippen LogP contribution in [-0.2, 0) is 0 Å². The van der Waals surface area contributed by atoms with E-state index in [1.165, 1.54) is 12.8 Å². The summed E-state index contributed by atoms with van der Waals surface area (Å²) in [6.45, 7) is 4.60. The molecule has 0 aromatic carbocycles. The average molecular weight is 154 g/mol. The van der Waals surface area contributed by atoms with E-state index in [9.17, 15) is 5.11 Å². The van der Waals surface area contributed by atoms with Crippen molar-refractivity contribution in [1.82, 2.24) is 0 Å². The van der Waals surface area contributed by atoms with Crippen molar-refractivity contribution in [2.24, 2.45) is 11.3 Å². The van der Waals surface area contributed by atoms with Gasteiger partial charge in [0.05, 0.1) is 5.60 Å². The molecule has 3 atom stereocenters. The SMILES string of the molecule is CCC1(C)CC2(O)CCC1C2. The van der Waals surface area contributed by atoms with Crippen LogP contribution in [0.4, 0.5) is 0 Å². The Hall–Kier alpha value is -0.0400. The van der Waals surface area contributed by atoms with Crippen molar-refractivity contribution < 1.29 is 5.11 Å². The van der Waals surface area contributed by atoms with Crippen LogP contribution in [0, 0.1) is 11.3 Å². The van der Waals surface area contributed by atoms with Gasteiger partial charge in [0.15, 0.2) is 0 Å². The Labute approximate surface area is 68.8 Å². The van der Waals surface area contributed by atoms with E-state index in [2.05, 4.69) is 13.8 Å². The highest BCUT2D eigenvalue weighted by Crippen LogP contribution is 2.59. The maximum Gasteiger partial charge on any atom is 0.0656 e.